The number of likely N-dealkylation sites (tertiary alicyclic amines) is 1. The van der Waals surface area contributed by atoms with Crippen LogP contribution in [0, 0.1) is 5.82 Å². The summed E-state index contributed by atoms with van der Waals surface area (Å²) in [6.45, 7) is 6.21. The van der Waals surface area contributed by atoms with Crippen molar-refractivity contribution in [2.24, 2.45) is 0 Å². The van der Waals surface area contributed by atoms with Crippen LogP contribution in [0.5, 0.6) is 0 Å². The maximum Gasteiger partial charge on any atom is 0.419 e. The summed E-state index contributed by atoms with van der Waals surface area (Å²) in [4.78, 5) is 19.4. The molecule has 2 heterocycles. The van der Waals surface area contributed by atoms with Crippen LogP contribution in [0.15, 0.2) is 36.4 Å². The Morgan fingerprint density at radius 3 is 2.46 bits per heavy atom. The van der Waals surface area contributed by atoms with E-state index in [1.165, 1.54) is 6.07 Å². The lowest BCUT2D eigenvalue weighted by molar-refractivity contribution is -0.140. The summed E-state index contributed by atoms with van der Waals surface area (Å²) in [7, 11) is 1.84. The van der Waals surface area contributed by atoms with Gasteiger partial charge >= 0.3 is 6.18 Å². The SMILES string of the molecule is CN(Cc1ccc(C(F)(F)F)c(F)c1)C1CN(C(=O)CCCCN2CCNCC2)CC1c1ccc(Cl)c(Cl)c1. The molecule has 2 fully saturated rings. The predicted octanol–water partition coefficient (Wildman–Crippen LogP) is 5.65. The smallest absolute Gasteiger partial charge is 0.340 e. The molecule has 2 unspecified atom stereocenters. The summed E-state index contributed by atoms with van der Waals surface area (Å²) < 4.78 is 53.2. The Balaban J connectivity index is 1.43. The Bertz CT molecular complexity index is 1140. The molecular formula is C28H34Cl2F4N4O. The number of nitrogens with one attached hydrogen (secondary N) is 1. The second-order valence-electron chi connectivity index (χ2n) is 10.4. The normalized spacial score (nSPS) is 20.7. The number of halogens is 6. The zero-order chi connectivity index (χ0) is 28.2. The van der Waals surface area contributed by atoms with E-state index in [-0.39, 0.29) is 24.4 Å². The fourth-order valence-corrected chi connectivity index (χ4v) is 5.81. The van der Waals surface area contributed by atoms with Crippen molar-refractivity contribution in [1.29, 1.82) is 0 Å². The molecule has 0 bridgehead atoms. The number of benzene rings is 2. The second-order valence-corrected chi connectivity index (χ2v) is 11.2. The number of hydrogen-bond acceptors (Lipinski definition) is 4. The van der Waals surface area contributed by atoms with Gasteiger partial charge in [0, 0.05) is 64.2 Å². The van der Waals surface area contributed by atoms with Gasteiger partial charge < -0.3 is 15.1 Å². The summed E-state index contributed by atoms with van der Waals surface area (Å²) in [6.07, 6.45) is -2.52. The third-order valence-corrected chi connectivity index (χ3v) is 8.41. The molecule has 5 nitrogen and oxygen atoms in total. The zero-order valence-electron chi connectivity index (χ0n) is 21.9. The number of unbranched alkanes of at least 4 members (excludes halogenated alkanes) is 1. The number of carbonyl (C=O) groups excluding carboxylic acids is 1. The number of rotatable bonds is 9. The summed E-state index contributed by atoms with van der Waals surface area (Å²) in [6, 6.07) is 8.28. The van der Waals surface area contributed by atoms with Crippen LogP contribution in [0.25, 0.3) is 0 Å². The van der Waals surface area contributed by atoms with Gasteiger partial charge in [-0.15, -0.1) is 0 Å². The first kappa shape index (κ1) is 30.1. The van der Waals surface area contributed by atoms with Crippen molar-refractivity contribution in [2.45, 2.75) is 43.9 Å². The summed E-state index contributed by atoms with van der Waals surface area (Å²) in [5.74, 6) is -1.30. The third-order valence-electron chi connectivity index (χ3n) is 7.68. The van der Waals surface area contributed by atoms with E-state index in [0.717, 1.165) is 63.3 Å². The lowest BCUT2D eigenvalue weighted by atomic mass is 9.93. The van der Waals surface area contributed by atoms with Crippen LogP contribution in [0.4, 0.5) is 17.6 Å². The van der Waals surface area contributed by atoms with Gasteiger partial charge in [0.15, 0.2) is 0 Å². The van der Waals surface area contributed by atoms with Crippen molar-refractivity contribution >= 4 is 29.1 Å². The number of alkyl halides is 3. The van der Waals surface area contributed by atoms with E-state index in [0.29, 0.717) is 35.1 Å². The highest BCUT2D eigenvalue weighted by Gasteiger charge is 2.39. The topological polar surface area (TPSA) is 38.8 Å². The highest BCUT2D eigenvalue weighted by Crippen LogP contribution is 2.36. The van der Waals surface area contributed by atoms with Gasteiger partial charge in [0.1, 0.15) is 5.82 Å². The second kappa shape index (κ2) is 13.2. The van der Waals surface area contributed by atoms with Crippen LogP contribution in [-0.4, -0.2) is 79.5 Å². The van der Waals surface area contributed by atoms with Gasteiger partial charge in [-0.25, -0.2) is 4.39 Å². The van der Waals surface area contributed by atoms with Crippen molar-refractivity contribution < 1.29 is 22.4 Å². The molecule has 0 aromatic heterocycles. The van der Waals surface area contributed by atoms with E-state index in [4.69, 9.17) is 23.2 Å². The van der Waals surface area contributed by atoms with Gasteiger partial charge in [-0.05, 0) is 61.8 Å². The molecule has 0 aliphatic carbocycles. The van der Waals surface area contributed by atoms with E-state index in [1.807, 2.05) is 22.9 Å². The first-order chi connectivity index (χ1) is 18.5. The Kier molecular flexibility index (Phi) is 10.1. The van der Waals surface area contributed by atoms with Crippen molar-refractivity contribution in [2.75, 3.05) is 52.9 Å². The predicted molar refractivity (Wildman–Crippen MR) is 146 cm³/mol. The molecule has 4 rings (SSSR count). The first-order valence-electron chi connectivity index (χ1n) is 13.2. The lowest BCUT2D eigenvalue weighted by Crippen LogP contribution is -2.43. The van der Waals surface area contributed by atoms with Gasteiger partial charge in [0.05, 0.1) is 15.6 Å². The average Bonchev–Trinajstić information content (AvgIpc) is 3.34. The number of amides is 1. The van der Waals surface area contributed by atoms with E-state index < -0.39 is 17.6 Å². The van der Waals surface area contributed by atoms with Crippen molar-refractivity contribution in [1.82, 2.24) is 20.0 Å². The van der Waals surface area contributed by atoms with Gasteiger partial charge in [-0.1, -0.05) is 35.3 Å². The van der Waals surface area contributed by atoms with Crippen LogP contribution in [0.1, 0.15) is 41.9 Å². The first-order valence-corrected chi connectivity index (χ1v) is 14.0. The molecule has 2 saturated heterocycles. The van der Waals surface area contributed by atoms with Crippen LogP contribution < -0.4 is 5.32 Å². The summed E-state index contributed by atoms with van der Waals surface area (Å²) >= 11 is 12.4. The van der Waals surface area contributed by atoms with Gasteiger partial charge in [-0.3, -0.25) is 9.69 Å². The maximum absolute atomic E-state index is 14.2. The quantitative estimate of drug-likeness (QED) is 0.303. The fourth-order valence-electron chi connectivity index (χ4n) is 5.50. The molecule has 11 heteroatoms. The van der Waals surface area contributed by atoms with Gasteiger partial charge in [0.25, 0.3) is 0 Å². The van der Waals surface area contributed by atoms with Gasteiger partial charge in [-0.2, -0.15) is 13.2 Å². The standard InChI is InChI=1S/C28H34Cl2F4N4O/c1-36(16-19-5-7-22(25(31)14-19)28(32,33)34)26-18-38(17-21(26)20-6-8-23(29)24(30)15-20)27(39)4-2-3-11-37-12-9-35-10-13-37/h5-8,14-15,21,26,35H,2-4,9-13,16-18H2,1H3. The van der Waals surface area contributed by atoms with E-state index >= 15 is 0 Å². The Morgan fingerprint density at radius 2 is 1.79 bits per heavy atom. The highest BCUT2D eigenvalue weighted by molar-refractivity contribution is 6.42. The minimum atomic E-state index is -4.75. The molecule has 214 valence electrons. The zero-order valence-corrected chi connectivity index (χ0v) is 23.4. The minimum Gasteiger partial charge on any atom is -0.340 e. The molecule has 2 aliphatic heterocycles. The number of carbonyl (C=O) groups is 1. The molecule has 0 saturated carbocycles. The van der Waals surface area contributed by atoms with Crippen molar-refractivity contribution in [3.05, 3.63) is 69.0 Å². The molecular weight excluding hydrogens is 555 g/mol. The molecule has 2 aliphatic rings. The Hall–Kier alpha value is -1.91. The Labute approximate surface area is 237 Å². The number of hydrogen-bond donors (Lipinski definition) is 1. The highest BCUT2D eigenvalue weighted by atomic mass is 35.5. The largest absolute Gasteiger partial charge is 0.419 e. The number of likely N-dealkylation sites (N-methyl/N-ethyl adjacent to an activating group) is 1. The minimum absolute atomic E-state index is 0.0804. The van der Waals surface area contributed by atoms with Crippen LogP contribution in [0.2, 0.25) is 10.0 Å². The summed E-state index contributed by atoms with van der Waals surface area (Å²) in [5, 5.41) is 4.18. The third kappa shape index (κ3) is 7.85. The van der Waals surface area contributed by atoms with Crippen LogP contribution >= 0.6 is 23.2 Å². The fraction of sp³-hybridized carbons (Fsp3) is 0.536. The molecule has 1 amide bonds. The maximum atomic E-state index is 14.2. The monoisotopic (exact) mass is 588 g/mol. The Morgan fingerprint density at radius 1 is 1.05 bits per heavy atom. The van der Waals surface area contributed by atoms with Gasteiger partial charge in [0.2, 0.25) is 5.91 Å². The number of piperazine rings is 1. The molecule has 1 N–H and O–H groups in total. The van der Waals surface area contributed by atoms with E-state index in [2.05, 4.69) is 10.2 Å². The molecule has 0 spiro atoms. The molecule has 2 aromatic rings. The molecule has 2 aromatic carbocycles. The van der Waals surface area contributed by atoms with Crippen LogP contribution in [0.3, 0.4) is 0 Å². The summed E-state index contributed by atoms with van der Waals surface area (Å²) in [5.41, 5.74) is 0.0691. The number of nitrogens with zero attached hydrogens (tertiary/aromatic N) is 3. The van der Waals surface area contributed by atoms with E-state index in [1.54, 1.807) is 12.1 Å². The van der Waals surface area contributed by atoms with E-state index in [9.17, 15) is 22.4 Å². The molecule has 39 heavy (non-hydrogen) atoms. The van der Waals surface area contributed by atoms with Crippen molar-refractivity contribution in [3.8, 4) is 0 Å². The lowest BCUT2D eigenvalue weighted by Gasteiger charge is -2.29. The molecule has 2 atom stereocenters. The van der Waals surface area contributed by atoms with Crippen LogP contribution in [-0.2, 0) is 17.5 Å². The van der Waals surface area contributed by atoms with Crippen molar-refractivity contribution in [3.63, 3.8) is 0 Å². The molecule has 0 radical (unpaired) electrons. The average molecular weight is 590 g/mol.